The molecule has 256 valence electrons. The molecule has 0 fully saturated rings. The van der Waals surface area contributed by atoms with Crippen LogP contribution in [0, 0.1) is 0 Å². The molecule has 0 aromatic carbocycles. The van der Waals surface area contributed by atoms with Gasteiger partial charge in [-0.15, -0.1) is 0 Å². The maximum atomic E-state index is 12.1. The maximum Gasteiger partial charge on any atom is 0.306 e. The Bertz CT molecular complexity index is 830. The van der Waals surface area contributed by atoms with Gasteiger partial charge in [-0.2, -0.15) is 0 Å². The molecule has 0 heterocycles. The van der Waals surface area contributed by atoms with Gasteiger partial charge in [0.25, 0.3) is 0 Å². The molecule has 0 aromatic rings. The molecule has 0 amide bonds. The lowest BCUT2D eigenvalue weighted by Crippen LogP contribution is -2.27. The van der Waals surface area contributed by atoms with Crippen LogP contribution in [0.4, 0.5) is 0 Å². The van der Waals surface area contributed by atoms with E-state index >= 15 is 0 Å². The number of hydrogen-bond donors (Lipinski definition) is 1. The molecule has 0 aliphatic heterocycles. The van der Waals surface area contributed by atoms with Gasteiger partial charge in [-0.05, 0) is 70.6 Å². The van der Waals surface area contributed by atoms with Crippen molar-refractivity contribution in [1.29, 1.82) is 0 Å². The second kappa shape index (κ2) is 37.8. The van der Waals surface area contributed by atoms with Crippen molar-refractivity contribution in [2.24, 2.45) is 0 Å². The van der Waals surface area contributed by atoms with Crippen molar-refractivity contribution >= 4 is 5.97 Å². The fourth-order valence-corrected chi connectivity index (χ4v) is 4.54. The third kappa shape index (κ3) is 35.9. The summed E-state index contributed by atoms with van der Waals surface area (Å²) < 4.78 is 11.0. The Morgan fingerprint density at radius 2 is 1.00 bits per heavy atom. The van der Waals surface area contributed by atoms with Crippen LogP contribution >= 0.6 is 0 Å². The van der Waals surface area contributed by atoms with Crippen molar-refractivity contribution in [3.8, 4) is 0 Å². The molecule has 1 unspecified atom stereocenters. The van der Waals surface area contributed by atoms with Gasteiger partial charge in [0.1, 0.15) is 6.10 Å². The van der Waals surface area contributed by atoms with E-state index in [1.807, 2.05) is 0 Å². The number of carbonyl (C=O) groups excluding carboxylic acids is 1. The predicted molar refractivity (Wildman–Crippen MR) is 195 cm³/mol. The summed E-state index contributed by atoms with van der Waals surface area (Å²) >= 11 is 0. The molecule has 0 bridgehead atoms. The number of allylic oxidation sites excluding steroid dienone is 14. The van der Waals surface area contributed by atoms with Gasteiger partial charge >= 0.3 is 5.97 Å². The highest BCUT2D eigenvalue weighted by atomic mass is 16.6. The standard InChI is InChI=1S/C41H68O4/c1-3-5-7-9-11-13-14-15-16-17-18-19-20-21-22-23-24-25-26-27-29-31-33-35-37-44-39-40(38-42)45-41(43)36-34-32-30-28-12-10-8-6-4-2/h5,7,11,13,15-16,18-19,21-22,24-25,27,29,40,42H,3-4,6,8-10,12,14,17,20,23,26,28,30-39H2,1-2H3/b7-5-,13-11-,16-15-,19-18-,22-21-,25-24-,29-27-. The zero-order chi connectivity index (χ0) is 32.7. The lowest BCUT2D eigenvalue weighted by Gasteiger charge is -2.15. The van der Waals surface area contributed by atoms with Crippen LogP contribution in [-0.4, -0.2) is 37.0 Å². The quantitative estimate of drug-likeness (QED) is 0.0459. The van der Waals surface area contributed by atoms with Gasteiger partial charge in [0.15, 0.2) is 0 Å². The number of aliphatic hydroxyl groups is 1. The van der Waals surface area contributed by atoms with Gasteiger partial charge in [0.05, 0.1) is 13.2 Å². The van der Waals surface area contributed by atoms with Crippen LogP contribution in [0.1, 0.15) is 142 Å². The molecule has 4 nitrogen and oxygen atoms in total. The van der Waals surface area contributed by atoms with Gasteiger partial charge in [0, 0.05) is 13.0 Å². The Morgan fingerprint density at radius 1 is 0.556 bits per heavy atom. The van der Waals surface area contributed by atoms with Crippen molar-refractivity contribution in [2.75, 3.05) is 19.8 Å². The molecule has 0 radical (unpaired) electrons. The van der Waals surface area contributed by atoms with Crippen LogP contribution in [0.2, 0.25) is 0 Å². The highest BCUT2D eigenvalue weighted by Gasteiger charge is 2.13. The van der Waals surface area contributed by atoms with Crippen LogP contribution in [0.5, 0.6) is 0 Å². The van der Waals surface area contributed by atoms with E-state index in [1.54, 1.807) is 0 Å². The molecule has 0 aliphatic rings. The molecule has 0 aliphatic carbocycles. The summed E-state index contributed by atoms with van der Waals surface area (Å²) in [4.78, 5) is 12.1. The van der Waals surface area contributed by atoms with Crippen molar-refractivity contribution in [2.45, 2.75) is 148 Å². The minimum atomic E-state index is -0.558. The van der Waals surface area contributed by atoms with Gasteiger partial charge < -0.3 is 14.6 Å². The Kier molecular flexibility index (Phi) is 35.7. The van der Waals surface area contributed by atoms with E-state index in [2.05, 4.69) is 98.9 Å². The van der Waals surface area contributed by atoms with E-state index in [4.69, 9.17) is 9.47 Å². The fraction of sp³-hybridized carbons (Fsp3) is 0.634. The molecule has 4 heteroatoms. The maximum absolute atomic E-state index is 12.1. The van der Waals surface area contributed by atoms with E-state index in [9.17, 15) is 9.90 Å². The second-order valence-corrected chi connectivity index (χ2v) is 11.6. The average Bonchev–Trinajstić information content (AvgIpc) is 3.05. The van der Waals surface area contributed by atoms with Crippen molar-refractivity contribution in [3.63, 3.8) is 0 Å². The zero-order valence-corrected chi connectivity index (χ0v) is 29.1. The summed E-state index contributed by atoms with van der Waals surface area (Å²) in [6.45, 7) is 5.09. The molecule has 0 aromatic heterocycles. The average molecular weight is 625 g/mol. The summed E-state index contributed by atoms with van der Waals surface area (Å²) in [5, 5.41) is 9.51. The van der Waals surface area contributed by atoms with Crippen LogP contribution < -0.4 is 0 Å². The van der Waals surface area contributed by atoms with Gasteiger partial charge in [-0.25, -0.2) is 0 Å². The van der Waals surface area contributed by atoms with Gasteiger partial charge in [-0.3, -0.25) is 4.79 Å². The Hall–Kier alpha value is -2.43. The molecule has 0 spiro atoms. The molecular weight excluding hydrogens is 556 g/mol. The topological polar surface area (TPSA) is 55.8 Å². The molecule has 0 saturated carbocycles. The Morgan fingerprint density at radius 3 is 1.47 bits per heavy atom. The van der Waals surface area contributed by atoms with Crippen molar-refractivity contribution < 1.29 is 19.4 Å². The van der Waals surface area contributed by atoms with Crippen LogP contribution in [-0.2, 0) is 14.3 Å². The third-order valence-electron chi connectivity index (χ3n) is 7.23. The molecule has 45 heavy (non-hydrogen) atoms. The molecule has 1 N–H and O–H groups in total. The highest BCUT2D eigenvalue weighted by Crippen LogP contribution is 2.11. The lowest BCUT2D eigenvalue weighted by atomic mass is 10.1. The summed E-state index contributed by atoms with van der Waals surface area (Å²) in [5.74, 6) is -0.224. The number of aliphatic hydroxyl groups excluding tert-OH is 1. The van der Waals surface area contributed by atoms with Crippen LogP contribution in [0.3, 0.4) is 0 Å². The van der Waals surface area contributed by atoms with E-state index in [0.717, 1.165) is 77.0 Å². The van der Waals surface area contributed by atoms with Crippen LogP contribution in [0.25, 0.3) is 0 Å². The molecular formula is C41H68O4. The Balaban J connectivity index is 3.61. The number of esters is 1. The summed E-state index contributed by atoms with van der Waals surface area (Å²) in [6, 6.07) is 0. The first-order chi connectivity index (χ1) is 22.2. The van der Waals surface area contributed by atoms with Crippen LogP contribution in [0.15, 0.2) is 85.1 Å². The largest absolute Gasteiger partial charge is 0.457 e. The Labute approximate surface area is 278 Å². The van der Waals surface area contributed by atoms with Crippen molar-refractivity contribution in [1.82, 2.24) is 0 Å². The first kappa shape index (κ1) is 42.6. The summed E-state index contributed by atoms with van der Waals surface area (Å²) in [6.07, 6.45) is 52.0. The smallest absolute Gasteiger partial charge is 0.306 e. The van der Waals surface area contributed by atoms with E-state index in [-0.39, 0.29) is 19.2 Å². The minimum Gasteiger partial charge on any atom is -0.457 e. The fourth-order valence-electron chi connectivity index (χ4n) is 4.54. The zero-order valence-electron chi connectivity index (χ0n) is 29.1. The van der Waals surface area contributed by atoms with Crippen molar-refractivity contribution in [3.05, 3.63) is 85.1 Å². The number of hydrogen-bond acceptors (Lipinski definition) is 4. The third-order valence-corrected chi connectivity index (χ3v) is 7.23. The normalized spacial score (nSPS) is 13.4. The number of rotatable bonds is 32. The number of unbranched alkanes of at least 4 members (excludes halogenated alkanes) is 10. The molecule has 0 saturated heterocycles. The SMILES string of the molecule is CC/C=C\C/C=C\C/C=C\C/C=C\C/C=C\C/C=C\C/C=C\CCCCOCC(CO)OC(=O)CCCCCCCCCCC. The number of carbonyl (C=O) groups is 1. The van der Waals surface area contributed by atoms with E-state index in [1.165, 1.54) is 44.9 Å². The highest BCUT2D eigenvalue weighted by molar-refractivity contribution is 5.69. The van der Waals surface area contributed by atoms with Gasteiger partial charge in [-0.1, -0.05) is 150 Å². The number of ether oxygens (including phenoxy) is 2. The lowest BCUT2D eigenvalue weighted by molar-refractivity contribution is -0.154. The molecule has 1 atom stereocenters. The van der Waals surface area contributed by atoms with E-state index < -0.39 is 6.10 Å². The van der Waals surface area contributed by atoms with Gasteiger partial charge in [0.2, 0.25) is 0 Å². The molecule has 0 rings (SSSR count). The second-order valence-electron chi connectivity index (χ2n) is 11.6. The minimum absolute atomic E-state index is 0.194. The van der Waals surface area contributed by atoms with E-state index in [0.29, 0.717) is 13.0 Å². The predicted octanol–water partition coefficient (Wildman–Crippen LogP) is 11.6. The first-order valence-corrected chi connectivity index (χ1v) is 18.2. The first-order valence-electron chi connectivity index (χ1n) is 18.2. The summed E-state index contributed by atoms with van der Waals surface area (Å²) in [7, 11) is 0. The monoisotopic (exact) mass is 625 g/mol. The summed E-state index contributed by atoms with van der Waals surface area (Å²) in [5.41, 5.74) is 0.